The van der Waals surface area contributed by atoms with Crippen LogP contribution in [0.4, 0.5) is 4.79 Å². The quantitative estimate of drug-likeness (QED) is 0.772. The van der Waals surface area contributed by atoms with Gasteiger partial charge in [0.1, 0.15) is 0 Å². The van der Waals surface area contributed by atoms with Crippen LogP contribution in [-0.2, 0) is 11.2 Å². The lowest BCUT2D eigenvalue weighted by molar-refractivity contribution is 0.140. The highest BCUT2D eigenvalue weighted by Crippen LogP contribution is 2.17. The van der Waals surface area contributed by atoms with E-state index in [-0.39, 0.29) is 6.03 Å². The summed E-state index contributed by atoms with van der Waals surface area (Å²) in [5.41, 5.74) is 1.38. The van der Waals surface area contributed by atoms with Crippen molar-refractivity contribution in [3.63, 3.8) is 0 Å². The van der Waals surface area contributed by atoms with Crippen molar-refractivity contribution in [3.8, 4) is 0 Å². The van der Waals surface area contributed by atoms with Gasteiger partial charge in [-0.15, -0.1) is 0 Å². The molecular weight excluding hydrogens is 314 g/mol. The van der Waals surface area contributed by atoms with Gasteiger partial charge < -0.3 is 15.0 Å². The lowest BCUT2D eigenvalue weighted by Crippen LogP contribution is -2.52. The molecule has 2 fully saturated rings. The molecule has 0 unspecified atom stereocenters. The smallest absolute Gasteiger partial charge is 0.317 e. The minimum Gasteiger partial charge on any atom is -0.381 e. The summed E-state index contributed by atoms with van der Waals surface area (Å²) in [7, 11) is 0. The van der Waals surface area contributed by atoms with Crippen LogP contribution in [0.3, 0.4) is 0 Å². The number of nitrogens with zero attached hydrogens (tertiary/aromatic N) is 2. The Bertz CT molecular complexity index is 509. The summed E-state index contributed by atoms with van der Waals surface area (Å²) in [5.74, 6) is 0.699. The van der Waals surface area contributed by atoms with E-state index < -0.39 is 0 Å². The summed E-state index contributed by atoms with van der Waals surface area (Å²) in [6.07, 6.45) is 4.47. The van der Waals surface area contributed by atoms with Gasteiger partial charge in [0.05, 0.1) is 0 Å². The first-order chi connectivity index (χ1) is 12.3. The van der Waals surface area contributed by atoms with Crippen LogP contribution in [0.25, 0.3) is 0 Å². The van der Waals surface area contributed by atoms with Crippen LogP contribution in [0.2, 0.25) is 0 Å². The molecule has 1 N–H and O–H groups in total. The fourth-order valence-corrected chi connectivity index (χ4v) is 3.62. The van der Waals surface area contributed by atoms with Crippen molar-refractivity contribution in [2.45, 2.75) is 25.7 Å². The van der Waals surface area contributed by atoms with Crippen LogP contribution in [0.1, 0.15) is 24.8 Å². The molecule has 25 heavy (non-hydrogen) atoms. The Hall–Kier alpha value is -1.59. The monoisotopic (exact) mass is 345 g/mol. The van der Waals surface area contributed by atoms with Crippen molar-refractivity contribution >= 4 is 6.03 Å². The second-order valence-electron chi connectivity index (χ2n) is 7.17. The summed E-state index contributed by atoms with van der Waals surface area (Å²) in [6.45, 7) is 7.27. The normalized spacial score (nSPS) is 21.4. The highest BCUT2D eigenvalue weighted by molar-refractivity contribution is 5.74. The van der Waals surface area contributed by atoms with Crippen LogP contribution < -0.4 is 5.32 Å². The van der Waals surface area contributed by atoms with Gasteiger partial charge in [0.15, 0.2) is 0 Å². The number of hydrogen-bond donors (Lipinski definition) is 1. The summed E-state index contributed by atoms with van der Waals surface area (Å²) in [5, 5.41) is 3.08. The van der Waals surface area contributed by atoms with Gasteiger partial charge in [-0.1, -0.05) is 30.3 Å². The fraction of sp³-hybridized carbons (Fsp3) is 0.650. The molecule has 0 aliphatic carbocycles. The predicted molar refractivity (Wildman–Crippen MR) is 99.7 cm³/mol. The number of benzene rings is 1. The number of urea groups is 1. The first-order valence-corrected chi connectivity index (χ1v) is 9.68. The van der Waals surface area contributed by atoms with Gasteiger partial charge in [-0.2, -0.15) is 0 Å². The van der Waals surface area contributed by atoms with Crippen LogP contribution in [-0.4, -0.2) is 68.3 Å². The Labute approximate surface area is 151 Å². The van der Waals surface area contributed by atoms with Gasteiger partial charge in [0.2, 0.25) is 0 Å². The number of rotatable bonds is 7. The maximum atomic E-state index is 12.3. The van der Waals surface area contributed by atoms with E-state index in [1.807, 2.05) is 4.90 Å². The molecule has 2 saturated heterocycles. The molecule has 5 heteroatoms. The second-order valence-corrected chi connectivity index (χ2v) is 7.17. The van der Waals surface area contributed by atoms with Crippen LogP contribution >= 0.6 is 0 Å². The number of ether oxygens (including phenoxy) is 1. The molecule has 1 aromatic rings. The maximum Gasteiger partial charge on any atom is 0.317 e. The molecule has 0 bridgehead atoms. The van der Waals surface area contributed by atoms with Gasteiger partial charge >= 0.3 is 6.03 Å². The summed E-state index contributed by atoms with van der Waals surface area (Å²) >= 11 is 0. The standard InChI is InChI=1S/C20H31N3O2/c24-20(21-10-4-7-19-9-16-25-17-19)23-14-12-22(13-15-23)11-8-18-5-2-1-3-6-18/h1-3,5-6,19H,4,7-17H2,(H,21,24)/t19-/m1/s1. The van der Waals surface area contributed by atoms with Crippen LogP contribution in [0, 0.1) is 5.92 Å². The molecule has 0 saturated carbocycles. The van der Waals surface area contributed by atoms with Gasteiger partial charge in [-0.25, -0.2) is 4.79 Å². The number of carbonyl (C=O) groups excluding carboxylic acids is 1. The molecule has 138 valence electrons. The molecule has 3 rings (SSSR count). The molecule has 5 nitrogen and oxygen atoms in total. The third-order valence-corrected chi connectivity index (χ3v) is 5.31. The molecule has 0 spiro atoms. The van der Waals surface area contributed by atoms with E-state index in [4.69, 9.17) is 4.74 Å². The average Bonchev–Trinajstić information content (AvgIpc) is 3.18. The minimum atomic E-state index is 0.102. The van der Waals surface area contributed by atoms with E-state index in [1.54, 1.807) is 0 Å². The zero-order valence-electron chi connectivity index (χ0n) is 15.2. The van der Waals surface area contributed by atoms with Crippen molar-refractivity contribution in [2.24, 2.45) is 5.92 Å². The Morgan fingerprint density at radius 3 is 2.68 bits per heavy atom. The number of hydrogen-bond acceptors (Lipinski definition) is 3. The summed E-state index contributed by atoms with van der Waals surface area (Å²) < 4.78 is 5.39. The largest absolute Gasteiger partial charge is 0.381 e. The molecule has 2 heterocycles. The lowest BCUT2D eigenvalue weighted by atomic mass is 10.0. The van der Waals surface area contributed by atoms with Crippen molar-refractivity contribution in [1.29, 1.82) is 0 Å². The predicted octanol–water partition coefficient (Wildman–Crippen LogP) is 2.37. The van der Waals surface area contributed by atoms with E-state index >= 15 is 0 Å². The van der Waals surface area contributed by atoms with E-state index in [1.165, 1.54) is 12.0 Å². The van der Waals surface area contributed by atoms with Crippen LogP contribution in [0.5, 0.6) is 0 Å². The minimum absolute atomic E-state index is 0.102. The zero-order valence-corrected chi connectivity index (χ0v) is 15.2. The molecular formula is C20H31N3O2. The lowest BCUT2D eigenvalue weighted by Gasteiger charge is -2.34. The highest BCUT2D eigenvalue weighted by atomic mass is 16.5. The molecule has 0 radical (unpaired) electrons. The Morgan fingerprint density at radius 1 is 1.16 bits per heavy atom. The molecule has 2 aliphatic rings. The molecule has 2 amide bonds. The molecule has 2 aliphatic heterocycles. The molecule has 0 aromatic heterocycles. The van der Waals surface area contributed by atoms with Gasteiger partial charge in [-0.05, 0) is 37.2 Å². The van der Waals surface area contributed by atoms with E-state index in [0.29, 0.717) is 5.92 Å². The number of piperazine rings is 1. The average molecular weight is 345 g/mol. The maximum absolute atomic E-state index is 12.3. The topological polar surface area (TPSA) is 44.8 Å². The zero-order chi connectivity index (χ0) is 17.3. The van der Waals surface area contributed by atoms with E-state index in [9.17, 15) is 4.79 Å². The first kappa shape index (κ1) is 18.2. The number of nitrogens with one attached hydrogen (secondary N) is 1. The Kier molecular flexibility index (Phi) is 7.12. The molecule has 1 atom stereocenters. The Morgan fingerprint density at radius 2 is 1.96 bits per heavy atom. The van der Waals surface area contributed by atoms with Crippen LogP contribution in [0.15, 0.2) is 30.3 Å². The summed E-state index contributed by atoms with van der Waals surface area (Å²) in [6, 6.07) is 10.7. The van der Waals surface area contributed by atoms with Gasteiger partial charge in [-0.3, -0.25) is 4.90 Å². The summed E-state index contributed by atoms with van der Waals surface area (Å²) in [4.78, 5) is 16.7. The fourth-order valence-electron chi connectivity index (χ4n) is 3.62. The van der Waals surface area contributed by atoms with E-state index in [2.05, 4.69) is 40.5 Å². The third-order valence-electron chi connectivity index (χ3n) is 5.31. The first-order valence-electron chi connectivity index (χ1n) is 9.68. The SMILES string of the molecule is O=C(NCCC[C@@H]1CCOC1)N1CCN(CCc2ccccc2)CC1. The second kappa shape index (κ2) is 9.78. The third kappa shape index (κ3) is 6.01. The number of amides is 2. The van der Waals surface area contributed by atoms with Crippen molar-refractivity contribution in [1.82, 2.24) is 15.1 Å². The van der Waals surface area contributed by atoms with Crippen molar-refractivity contribution in [3.05, 3.63) is 35.9 Å². The van der Waals surface area contributed by atoms with Crippen molar-refractivity contribution in [2.75, 3.05) is 52.5 Å². The van der Waals surface area contributed by atoms with E-state index in [0.717, 1.165) is 71.7 Å². The Balaban J connectivity index is 1.27. The highest BCUT2D eigenvalue weighted by Gasteiger charge is 2.21. The van der Waals surface area contributed by atoms with Crippen molar-refractivity contribution < 1.29 is 9.53 Å². The van der Waals surface area contributed by atoms with Gasteiger partial charge in [0.25, 0.3) is 0 Å². The number of carbonyl (C=O) groups is 1. The molecule has 1 aromatic carbocycles. The van der Waals surface area contributed by atoms with Gasteiger partial charge in [0, 0.05) is 52.5 Å².